The van der Waals surface area contributed by atoms with Crippen LogP contribution in [-0.4, -0.2) is 26.4 Å². The fourth-order valence-corrected chi connectivity index (χ4v) is 1.98. The van der Waals surface area contributed by atoms with Crippen LogP contribution in [0, 0.1) is 22.7 Å². The molecule has 4 heteroatoms. The number of allylic oxidation sites excluding steroid dienone is 1. The van der Waals surface area contributed by atoms with Gasteiger partial charge in [0.1, 0.15) is 0 Å². The predicted octanol–water partition coefficient (Wildman–Crippen LogP) is 6.72. The van der Waals surface area contributed by atoms with Gasteiger partial charge in [-0.25, -0.2) is 0 Å². The van der Waals surface area contributed by atoms with Gasteiger partial charge in [0.25, 0.3) is 0 Å². The molecule has 0 aliphatic carbocycles. The molecule has 0 aromatic carbocycles. The fourth-order valence-electron chi connectivity index (χ4n) is 1.98. The SMILES string of the molecule is C=COCC(COC=C)C(C)(C)C.C=COCC(COC=CCC)C(C)(C)C. The molecule has 0 aromatic heterocycles. The first-order valence-electron chi connectivity index (χ1n) is 9.98. The van der Waals surface area contributed by atoms with Crippen molar-refractivity contribution in [1.29, 1.82) is 0 Å². The maximum atomic E-state index is 5.46. The molecule has 0 saturated heterocycles. The second kappa shape index (κ2) is 16.1. The molecule has 1 atom stereocenters. The summed E-state index contributed by atoms with van der Waals surface area (Å²) in [5.74, 6) is 0.723. The molecule has 0 saturated carbocycles. The van der Waals surface area contributed by atoms with E-state index in [2.05, 4.69) is 68.2 Å². The Morgan fingerprint density at radius 2 is 0.964 bits per heavy atom. The first kappa shape index (κ1) is 28.4. The van der Waals surface area contributed by atoms with Gasteiger partial charge in [-0.15, -0.1) is 0 Å². The second-order valence-electron chi connectivity index (χ2n) is 8.74. The molecule has 4 nitrogen and oxygen atoms in total. The van der Waals surface area contributed by atoms with Crippen molar-refractivity contribution in [3.8, 4) is 0 Å². The van der Waals surface area contributed by atoms with Crippen molar-refractivity contribution in [2.75, 3.05) is 26.4 Å². The van der Waals surface area contributed by atoms with Crippen molar-refractivity contribution in [3.63, 3.8) is 0 Å². The normalized spacial score (nSPS) is 12.6. The summed E-state index contributed by atoms with van der Waals surface area (Å²) >= 11 is 0. The third-order valence-corrected chi connectivity index (χ3v) is 4.42. The van der Waals surface area contributed by atoms with E-state index in [4.69, 9.17) is 18.9 Å². The van der Waals surface area contributed by atoms with Gasteiger partial charge >= 0.3 is 0 Å². The summed E-state index contributed by atoms with van der Waals surface area (Å²) in [7, 11) is 0. The molecule has 0 radical (unpaired) electrons. The Bertz CT molecular complexity index is 415. The Morgan fingerprint density at radius 3 is 1.21 bits per heavy atom. The van der Waals surface area contributed by atoms with Crippen molar-refractivity contribution in [1.82, 2.24) is 0 Å². The molecule has 164 valence electrons. The van der Waals surface area contributed by atoms with Crippen LogP contribution in [0.2, 0.25) is 0 Å². The van der Waals surface area contributed by atoms with E-state index in [0.29, 0.717) is 38.3 Å². The van der Waals surface area contributed by atoms with Crippen LogP contribution in [0.3, 0.4) is 0 Å². The first-order chi connectivity index (χ1) is 13.0. The Morgan fingerprint density at radius 1 is 0.643 bits per heavy atom. The summed E-state index contributed by atoms with van der Waals surface area (Å²) in [5, 5.41) is 0. The van der Waals surface area contributed by atoms with Crippen LogP contribution in [0.4, 0.5) is 0 Å². The zero-order valence-corrected chi connectivity index (χ0v) is 19.3. The predicted molar refractivity (Wildman–Crippen MR) is 120 cm³/mol. The van der Waals surface area contributed by atoms with E-state index in [9.17, 15) is 0 Å². The van der Waals surface area contributed by atoms with Crippen LogP contribution in [0.25, 0.3) is 0 Å². The van der Waals surface area contributed by atoms with Gasteiger partial charge in [0.05, 0.1) is 51.5 Å². The first-order valence-corrected chi connectivity index (χ1v) is 9.98. The van der Waals surface area contributed by atoms with E-state index in [1.54, 1.807) is 6.26 Å². The second-order valence-corrected chi connectivity index (χ2v) is 8.74. The standard InChI is InChI=1S/C13H24O2.C11H20O2/c1-6-8-9-15-11-12(10-14-7-2)13(3,4)5;1-6-12-8-10(9-13-7-2)11(3,4)5/h7-9,12H,2,6,10-11H2,1,3-5H3;6-7,10H,1-2,8-9H2,3-5H3. The Balaban J connectivity index is 0. The van der Waals surface area contributed by atoms with Crippen LogP contribution in [0.5, 0.6) is 0 Å². The molecule has 0 amide bonds. The van der Waals surface area contributed by atoms with Crippen molar-refractivity contribution < 1.29 is 18.9 Å². The largest absolute Gasteiger partial charge is 0.501 e. The molecule has 0 spiro atoms. The quantitative estimate of drug-likeness (QED) is 0.324. The van der Waals surface area contributed by atoms with E-state index >= 15 is 0 Å². The molecule has 28 heavy (non-hydrogen) atoms. The molecule has 0 bridgehead atoms. The Kier molecular flexibility index (Phi) is 16.4. The van der Waals surface area contributed by atoms with Gasteiger partial charge in [0, 0.05) is 11.8 Å². The van der Waals surface area contributed by atoms with Crippen LogP contribution in [0.1, 0.15) is 54.9 Å². The van der Waals surface area contributed by atoms with E-state index in [1.807, 2.05) is 6.08 Å². The van der Waals surface area contributed by atoms with Gasteiger partial charge in [-0.2, -0.15) is 0 Å². The number of hydrogen-bond acceptors (Lipinski definition) is 4. The third kappa shape index (κ3) is 16.3. The lowest BCUT2D eigenvalue weighted by atomic mass is 9.82. The van der Waals surface area contributed by atoms with Gasteiger partial charge in [-0.1, -0.05) is 74.3 Å². The van der Waals surface area contributed by atoms with Crippen LogP contribution < -0.4 is 0 Å². The van der Waals surface area contributed by atoms with Crippen LogP contribution in [0.15, 0.2) is 50.9 Å². The Hall–Kier alpha value is -1.84. The third-order valence-electron chi connectivity index (χ3n) is 4.42. The maximum absolute atomic E-state index is 5.46. The molecular weight excluding hydrogens is 352 g/mol. The van der Waals surface area contributed by atoms with E-state index in [-0.39, 0.29) is 10.8 Å². The summed E-state index contributed by atoms with van der Waals surface area (Å²) < 4.78 is 21.0. The zero-order chi connectivity index (χ0) is 22.1. The summed E-state index contributed by atoms with van der Waals surface area (Å²) in [4.78, 5) is 0. The van der Waals surface area contributed by atoms with Gasteiger partial charge < -0.3 is 18.9 Å². The molecule has 1 unspecified atom stereocenters. The van der Waals surface area contributed by atoms with Crippen molar-refractivity contribution in [2.45, 2.75) is 54.9 Å². The summed E-state index contributed by atoms with van der Waals surface area (Å²) in [6, 6.07) is 0. The van der Waals surface area contributed by atoms with Gasteiger partial charge in [-0.05, 0) is 17.3 Å². The lowest BCUT2D eigenvalue weighted by Crippen LogP contribution is -2.28. The number of rotatable bonds is 13. The van der Waals surface area contributed by atoms with Crippen molar-refractivity contribution >= 4 is 0 Å². The Labute approximate surface area is 174 Å². The summed E-state index contributed by atoms with van der Waals surface area (Å²) in [5.41, 5.74) is 0.356. The van der Waals surface area contributed by atoms with Gasteiger partial charge in [0.2, 0.25) is 0 Å². The number of hydrogen-bond donors (Lipinski definition) is 0. The highest BCUT2D eigenvalue weighted by atomic mass is 16.5. The molecule has 0 aliphatic rings. The highest BCUT2D eigenvalue weighted by Crippen LogP contribution is 2.27. The molecule has 0 fully saturated rings. The van der Waals surface area contributed by atoms with Crippen molar-refractivity contribution in [3.05, 3.63) is 50.9 Å². The highest BCUT2D eigenvalue weighted by molar-refractivity contribution is 4.77. The monoisotopic (exact) mass is 396 g/mol. The average molecular weight is 397 g/mol. The lowest BCUT2D eigenvalue weighted by Gasteiger charge is -2.29. The minimum atomic E-state index is 0.173. The topological polar surface area (TPSA) is 36.9 Å². The molecular formula is C24H44O4. The van der Waals surface area contributed by atoms with Gasteiger partial charge in [0.15, 0.2) is 0 Å². The minimum Gasteiger partial charge on any atom is -0.501 e. The number of ether oxygens (including phenoxy) is 4. The molecule has 0 aromatic rings. The summed E-state index contributed by atoms with van der Waals surface area (Å²) in [6.07, 6.45) is 9.20. The minimum absolute atomic E-state index is 0.173. The highest BCUT2D eigenvalue weighted by Gasteiger charge is 2.26. The molecule has 0 N–H and O–H groups in total. The van der Waals surface area contributed by atoms with Crippen LogP contribution >= 0.6 is 0 Å². The fraction of sp³-hybridized carbons (Fsp3) is 0.667. The lowest BCUT2D eigenvalue weighted by molar-refractivity contribution is 0.0558. The zero-order valence-electron chi connectivity index (χ0n) is 19.3. The van der Waals surface area contributed by atoms with E-state index < -0.39 is 0 Å². The smallest absolute Gasteiger partial charge is 0.0938 e. The molecule has 0 heterocycles. The van der Waals surface area contributed by atoms with Gasteiger partial charge in [-0.3, -0.25) is 0 Å². The molecule has 0 aliphatic heterocycles. The van der Waals surface area contributed by atoms with E-state index in [0.717, 1.165) is 6.42 Å². The molecule has 0 rings (SSSR count). The van der Waals surface area contributed by atoms with Crippen molar-refractivity contribution in [2.24, 2.45) is 22.7 Å². The summed E-state index contributed by atoms with van der Waals surface area (Å²) in [6.45, 7) is 28.3. The maximum Gasteiger partial charge on any atom is 0.0938 e. The average Bonchev–Trinajstić information content (AvgIpc) is 2.59. The van der Waals surface area contributed by atoms with E-state index in [1.165, 1.54) is 18.8 Å². The van der Waals surface area contributed by atoms with Crippen LogP contribution in [-0.2, 0) is 18.9 Å².